The normalized spacial score (nSPS) is 21.5. The van der Waals surface area contributed by atoms with E-state index in [0.717, 1.165) is 44.9 Å². The fourth-order valence-electron chi connectivity index (χ4n) is 9.75. The highest BCUT2D eigenvalue weighted by molar-refractivity contribution is 5.69. The lowest BCUT2D eigenvalue weighted by molar-refractivity contribution is -0.0405. The van der Waals surface area contributed by atoms with Crippen molar-refractivity contribution in [1.29, 1.82) is 0 Å². The number of rotatable bonds is 10. The standard InChI is InChI=1S/C15H27NO3.C13H23NO3.C13H25NO3.C11H21NO3/c1-15(2,12-6-4-3-5-7-12)19-14(18)16-10-8-13(17)9-11-16;1-2-13(7-3-4-8-13)17-12(16)14-9-5-11(15)6-10-14;1-4-13(5-2,6-3)17-12(16)14-9-7-11(15)8-10-14;1-4-11(2,3)15-10(14)12-7-5-9(13)6-8-12/h12-13,17H,3-11H2,1-2H3;11,15H,2-10H2,1H3;11,15H,4-10H2,1-3H3;9,13H,4-8H2,1-3H3. The van der Waals surface area contributed by atoms with Crippen LogP contribution in [0.25, 0.3) is 0 Å². The number of hydrogen-bond donors (Lipinski definition) is 4. The molecule has 68 heavy (non-hydrogen) atoms. The Hall–Kier alpha value is -3.08. The van der Waals surface area contributed by atoms with Crippen molar-refractivity contribution in [3.05, 3.63) is 0 Å². The molecular formula is C52H96N4O12. The van der Waals surface area contributed by atoms with E-state index in [2.05, 4.69) is 27.7 Å². The molecule has 16 nitrogen and oxygen atoms in total. The molecule has 396 valence electrons. The average Bonchev–Trinajstić information content (AvgIpc) is 3.81. The van der Waals surface area contributed by atoms with E-state index < -0.39 is 5.60 Å². The number of ether oxygens (including phenoxy) is 4. The largest absolute Gasteiger partial charge is 0.443 e. The lowest BCUT2D eigenvalue weighted by atomic mass is 9.79. The monoisotopic (exact) mass is 969 g/mol. The van der Waals surface area contributed by atoms with Gasteiger partial charge in [0.1, 0.15) is 22.4 Å². The second kappa shape index (κ2) is 28.7. The Labute approximate surface area is 410 Å². The number of hydrogen-bond acceptors (Lipinski definition) is 12. The zero-order valence-electron chi connectivity index (χ0n) is 43.9. The first-order valence-corrected chi connectivity index (χ1v) is 26.8. The van der Waals surface area contributed by atoms with Crippen LogP contribution < -0.4 is 0 Å². The van der Waals surface area contributed by atoms with Crippen LogP contribution in [0.3, 0.4) is 0 Å². The number of nitrogens with zero attached hydrogens (tertiary/aromatic N) is 4. The topological polar surface area (TPSA) is 199 Å². The Morgan fingerprint density at radius 2 is 0.794 bits per heavy atom. The minimum absolute atomic E-state index is 0.180. The van der Waals surface area contributed by atoms with Crippen LogP contribution >= 0.6 is 0 Å². The maximum Gasteiger partial charge on any atom is 0.410 e. The van der Waals surface area contributed by atoms with Gasteiger partial charge >= 0.3 is 24.4 Å². The van der Waals surface area contributed by atoms with Gasteiger partial charge in [0.05, 0.1) is 24.4 Å². The summed E-state index contributed by atoms with van der Waals surface area (Å²) in [5.74, 6) is 0.487. The molecule has 0 bridgehead atoms. The lowest BCUT2D eigenvalue weighted by Crippen LogP contribution is -2.46. The van der Waals surface area contributed by atoms with Crippen molar-refractivity contribution < 1.29 is 58.6 Å². The first-order valence-electron chi connectivity index (χ1n) is 26.8. The average molecular weight is 969 g/mol. The predicted octanol–water partition coefficient (Wildman–Crippen LogP) is 9.56. The zero-order chi connectivity index (χ0) is 50.5. The molecule has 0 spiro atoms. The molecule has 0 unspecified atom stereocenters. The number of amides is 4. The van der Waals surface area contributed by atoms with E-state index in [1.165, 1.54) is 44.9 Å². The van der Waals surface area contributed by atoms with E-state index in [1.807, 2.05) is 34.6 Å². The molecule has 0 aromatic rings. The summed E-state index contributed by atoms with van der Waals surface area (Å²) in [6, 6.07) is 0. The van der Waals surface area contributed by atoms with E-state index in [1.54, 1.807) is 19.6 Å². The molecule has 6 rings (SSSR count). The van der Waals surface area contributed by atoms with Crippen molar-refractivity contribution in [1.82, 2.24) is 19.6 Å². The van der Waals surface area contributed by atoms with Gasteiger partial charge in [-0.15, -0.1) is 0 Å². The number of carbonyl (C=O) groups excluding carboxylic acids is 4. The third-order valence-corrected chi connectivity index (χ3v) is 15.7. The quantitative estimate of drug-likeness (QED) is 0.152. The molecule has 4 aliphatic heterocycles. The van der Waals surface area contributed by atoms with Crippen molar-refractivity contribution in [2.24, 2.45) is 5.92 Å². The Morgan fingerprint density at radius 3 is 1.13 bits per heavy atom. The van der Waals surface area contributed by atoms with E-state index in [9.17, 15) is 39.6 Å². The summed E-state index contributed by atoms with van der Waals surface area (Å²) in [5, 5.41) is 37.6. The van der Waals surface area contributed by atoms with Crippen LogP contribution in [-0.4, -0.2) is 164 Å². The highest BCUT2D eigenvalue weighted by atomic mass is 16.6. The Bertz CT molecular complexity index is 1420. The van der Waals surface area contributed by atoms with Crippen molar-refractivity contribution in [2.45, 2.75) is 250 Å². The molecule has 6 aliphatic rings. The molecule has 0 atom stereocenters. The number of piperidine rings is 4. The van der Waals surface area contributed by atoms with Gasteiger partial charge in [-0.1, -0.05) is 53.9 Å². The molecule has 0 aromatic heterocycles. The fraction of sp³-hybridized carbons (Fsp3) is 0.923. The van der Waals surface area contributed by atoms with Gasteiger partial charge < -0.3 is 59.0 Å². The van der Waals surface area contributed by atoms with E-state index in [4.69, 9.17) is 18.9 Å². The van der Waals surface area contributed by atoms with Gasteiger partial charge in [0.25, 0.3) is 0 Å². The van der Waals surface area contributed by atoms with Crippen molar-refractivity contribution in [3.63, 3.8) is 0 Å². The maximum absolute atomic E-state index is 12.2. The molecule has 4 N–H and O–H groups in total. The van der Waals surface area contributed by atoms with E-state index in [-0.39, 0.29) is 65.6 Å². The predicted molar refractivity (Wildman–Crippen MR) is 263 cm³/mol. The second-order valence-electron chi connectivity index (χ2n) is 21.4. The molecule has 6 fully saturated rings. The number of aliphatic hydroxyl groups excluding tert-OH is 4. The SMILES string of the molecule is CC(C)(OC(=O)N1CCC(O)CC1)C1CCCCC1.CCC(C)(C)OC(=O)N1CCC(O)CC1.CCC(CC)(CC)OC(=O)N1CCC(O)CC1.CCC1(OC(=O)N2CCC(O)CC2)CCCC1. The maximum atomic E-state index is 12.2. The summed E-state index contributed by atoms with van der Waals surface area (Å²) in [5.41, 5.74) is -1.28. The first-order chi connectivity index (χ1) is 32.1. The summed E-state index contributed by atoms with van der Waals surface area (Å²) in [6.45, 7) is 23.0. The summed E-state index contributed by atoms with van der Waals surface area (Å²) < 4.78 is 22.5. The molecule has 0 aromatic carbocycles. The molecule has 16 heteroatoms. The van der Waals surface area contributed by atoms with Crippen LogP contribution in [0.15, 0.2) is 0 Å². The Kier molecular flexibility index (Phi) is 25.0. The zero-order valence-corrected chi connectivity index (χ0v) is 43.9. The van der Waals surface area contributed by atoms with Gasteiger partial charge in [-0.25, -0.2) is 19.2 Å². The number of aliphatic hydroxyl groups is 4. The molecule has 0 radical (unpaired) electrons. The highest BCUT2D eigenvalue weighted by Crippen LogP contribution is 2.37. The third kappa shape index (κ3) is 19.6. The molecule has 2 aliphatic carbocycles. The van der Waals surface area contributed by atoms with E-state index in [0.29, 0.717) is 110 Å². The van der Waals surface area contributed by atoms with Crippen LogP contribution in [0.4, 0.5) is 19.2 Å². The summed E-state index contributed by atoms with van der Waals surface area (Å²) in [4.78, 5) is 54.8. The minimum atomic E-state index is -0.396. The molecule has 4 heterocycles. The molecular weight excluding hydrogens is 873 g/mol. The summed E-state index contributed by atoms with van der Waals surface area (Å²) in [7, 11) is 0. The lowest BCUT2D eigenvalue weighted by Gasteiger charge is -2.38. The van der Waals surface area contributed by atoms with Crippen LogP contribution in [-0.2, 0) is 18.9 Å². The fourth-order valence-corrected chi connectivity index (χ4v) is 9.75. The van der Waals surface area contributed by atoms with Crippen molar-refractivity contribution in [3.8, 4) is 0 Å². The Morgan fingerprint density at radius 1 is 0.456 bits per heavy atom. The van der Waals surface area contributed by atoms with E-state index >= 15 is 0 Å². The van der Waals surface area contributed by atoms with Crippen LogP contribution in [0, 0.1) is 5.92 Å². The summed E-state index contributed by atoms with van der Waals surface area (Å²) in [6.07, 6.45) is 18.2. The summed E-state index contributed by atoms with van der Waals surface area (Å²) >= 11 is 0. The second-order valence-corrected chi connectivity index (χ2v) is 21.4. The van der Waals surface area contributed by atoms with Crippen molar-refractivity contribution in [2.75, 3.05) is 52.4 Å². The number of likely N-dealkylation sites (tertiary alicyclic amines) is 4. The van der Waals surface area contributed by atoms with Gasteiger partial charge in [-0.2, -0.15) is 0 Å². The first kappa shape index (κ1) is 59.2. The smallest absolute Gasteiger partial charge is 0.410 e. The number of carbonyl (C=O) groups is 4. The van der Waals surface area contributed by atoms with Gasteiger partial charge in [-0.3, -0.25) is 0 Å². The molecule has 4 amide bonds. The Balaban J connectivity index is 0.000000241. The van der Waals surface area contributed by atoms with Crippen LogP contribution in [0.2, 0.25) is 0 Å². The van der Waals surface area contributed by atoms with Crippen LogP contribution in [0.1, 0.15) is 204 Å². The van der Waals surface area contributed by atoms with Crippen LogP contribution in [0.5, 0.6) is 0 Å². The molecule has 2 saturated carbocycles. The van der Waals surface area contributed by atoms with Crippen molar-refractivity contribution >= 4 is 24.4 Å². The highest BCUT2D eigenvalue weighted by Gasteiger charge is 2.39. The third-order valence-electron chi connectivity index (χ3n) is 15.7. The van der Waals surface area contributed by atoms with Gasteiger partial charge in [0, 0.05) is 52.4 Å². The van der Waals surface area contributed by atoms with Gasteiger partial charge in [0.2, 0.25) is 0 Å². The van der Waals surface area contributed by atoms with Gasteiger partial charge in [0.15, 0.2) is 0 Å². The van der Waals surface area contributed by atoms with Gasteiger partial charge in [-0.05, 0) is 156 Å². The minimum Gasteiger partial charge on any atom is -0.443 e. The molecule has 4 saturated heterocycles.